The summed E-state index contributed by atoms with van der Waals surface area (Å²) in [6.45, 7) is 2.17. The SMILES string of the molecule is CCC=C[C@H]1CC[C@H](C#Cc2ccc(-c3ccc(F)c(F)c3)cc2)CC1. The molecular weight excluding hydrogens is 326 g/mol. The Morgan fingerprint density at radius 3 is 2.27 bits per heavy atom. The summed E-state index contributed by atoms with van der Waals surface area (Å²) in [5.41, 5.74) is 2.49. The predicted molar refractivity (Wildman–Crippen MR) is 104 cm³/mol. The fourth-order valence-corrected chi connectivity index (χ4v) is 3.39. The minimum absolute atomic E-state index is 0.479. The maximum Gasteiger partial charge on any atom is 0.159 e. The van der Waals surface area contributed by atoms with Crippen molar-refractivity contribution in [1.29, 1.82) is 0 Å². The first-order valence-electron chi connectivity index (χ1n) is 9.39. The first kappa shape index (κ1) is 18.4. The van der Waals surface area contributed by atoms with Gasteiger partial charge in [-0.05, 0) is 73.4 Å². The smallest absolute Gasteiger partial charge is 0.159 e. The molecule has 26 heavy (non-hydrogen) atoms. The molecule has 3 rings (SSSR count). The molecule has 0 N–H and O–H groups in total. The van der Waals surface area contributed by atoms with E-state index in [0.29, 0.717) is 11.5 Å². The number of halogens is 2. The van der Waals surface area contributed by atoms with Crippen molar-refractivity contribution >= 4 is 0 Å². The third kappa shape index (κ3) is 4.82. The molecule has 2 aromatic rings. The normalized spacial score (nSPS) is 20.0. The topological polar surface area (TPSA) is 0 Å². The molecule has 134 valence electrons. The van der Waals surface area contributed by atoms with Gasteiger partial charge in [0.1, 0.15) is 0 Å². The Morgan fingerprint density at radius 2 is 1.62 bits per heavy atom. The Kier molecular flexibility index (Phi) is 6.23. The fourth-order valence-electron chi connectivity index (χ4n) is 3.39. The average molecular weight is 350 g/mol. The van der Waals surface area contributed by atoms with Crippen molar-refractivity contribution in [2.75, 3.05) is 0 Å². The molecule has 1 aliphatic rings. The Balaban J connectivity index is 1.61. The van der Waals surface area contributed by atoms with Crippen molar-refractivity contribution in [1.82, 2.24) is 0 Å². The van der Waals surface area contributed by atoms with Crippen LogP contribution in [0.2, 0.25) is 0 Å². The van der Waals surface area contributed by atoms with Crippen LogP contribution < -0.4 is 0 Å². The van der Waals surface area contributed by atoms with E-state index < -0.39 is 11.6 Å². The van der Waals surface area contributed by atoms with Gasteiger partial charge in [0.25, 0.3) is 0 Å². The molecule has 0 amide bonds. The van der Waals surface area contributed by atoms with Crippen LogP contribution in [0, 0.1) is 35.3 Å². The summed E-state index contributed by atoms with van der Waals surface area (Å²) in [5.74, 6) is 6.23. The van der Waals surface area contributed by atoms with E-state index in [1.807, 2.05) is 24.3 Å². The van der Waals surface area contributed by atoms with Gasteiger partial charge in [0.05, 0.1) is 0 Å². The van der Waals surface area contributed by atoms with Crippen LogP contribution in [0.4, 0.5) is 8.78 Å². The van der Waals surface area contributed by atoms with E-state index in [9.17, 15) is 8.78 Å². The van der Waals surface area contributed by atoms with Gasteiger partial charge in [0.2, 0.25) is 0 Å². The molecular formula is C24H24F2. The highest BCUT2D eigenvalue weighted by Gasteiger charge is 2.17. The van der Waals surface area contributed by atoms with Gasteiger partial charge in [0.15, 0.2) is 11.6 Å². The number of benzene rings is 2. The second kappa shape index (κ2) is 8.81. The van der Waals surface area contributed by atoms with Gasteiger partial charge in [-0.1, -0.05) is 49.1 Å². The van der Waals surface area contributed by atoms with Crippen LogP contribution in [-0.2, 0) is 0 Å². The molecule has 0 bridgehead atoms. The number of hydrogen-bond acceptors (Lipinski definition) is 0. The number of allylic oxidation sites excluding steroid dienone is 2. The first-order valence-corrected chi connectivity index (χ1v) is 9.39. The van der Waals surface area contributed by atoms with Crippen LogP contribution in [0.15, 0.2) is 54.6 Å². The van der Waals surface area contributed by atoms with Gasteiger partial charge < -0.3 is 0 Å². The minimum Gasteiger partial charge on any atom is -0.204 e. The van der Waals surface area contributed by atoms with Crippen LogP contribution in [0.1, 0.15) is 44.6 Å². The maximum absolute atomic E-state index is 13.4. The van der Waals surface area contributed by atoms with Crippen LogP contribution in [0.25, 0.3) is 11.1 Å². The Morgan fingerprint density at radius 1 is 0.923 bits per heavy atom. The molecule has 1 fully saturated rings. The van der Waals surface area contributed by atoms with Crippen LogP contribution in [-0.4, -0.2) is 0 Å². The highest BCUT2D eigenvalue weighted by Crippen LogP contribution is 2.29. The maximum atomic E-state index is 13.4. The monoisotopic (exact) mass is 350 g/mol. The van der Waals surface area contributed by atoms with Gasteiger partial charge in [-0.15, -0.1) is 0 Å². The molecule has 0 aliphatic heterocycles. The van der Waals surface area contributed by atoms with Gasteiger partial charge in [-0.3, -0.25) is 0 Å². The molecule has 0 spiro atoms. The summed E-state index contributed by atoms with van der Waals surface area (Å²) < 4.78 is 26.4. The Hall–Kier alpha value is -2.40. The van der Waals surface area contributed by atoms with Crippen molar-refractivity contribution < 1.29 is 8.78 Å². The molecule has 0 heterocycles. The average Bonchev–Trinajstić information content (AvgIpc) is 2.68. The molecule has 2 aromatic carbocycles. The molecule has 2 heteroatoms. The molecule has 0 unspecified atom stereocenters. The molecule has 0 saturated heterocycles. The quantitative estimate of drug-likeness (QED) is 0.424. The summed E-state index contributed by atoms with van der Waals surface area (Å²) in [6, 6.07) is 11.7. The molecule has 0 nitrogen and oxygen atoms in total. The van der Waals surface area contributed by atoms with E-state index in [-0.39, 0.29) is 0 Å². The van der Waals surface area contributed by atoms with Crippen molar-refractivity contribution in [2.24, 2.45) is 11.8 Å². The van der Waals surface area contributed by atoms with Crippen molar-refractivity contribution in [3.63, 3.8) is 0 Å². The highest BCUT2D eigenvalue weighted by atomic mass is 19.2. The van der Waals surface area contributed by atoms with Crippen molar-refractivity contribution in [3.05, 3.63) is 71.8 Å². The molecule has 0 radical (unpaired) electrons. The zero-order chi connectivity index (χ0) is 18.4. The van der Waals surface area contributed by atoms with Gasteiger partial charge in [-0.2, -0.15) is 0 Å². The molecule has 1 aliphatic carbocycles. The summed E-state index contributed by atoms with van der Waals surface area (Å²) in [6.07, 6.45) is 10.5. The second-order valence-corrected chi connectivity index (χ2v) is 6.92. The predicted octanol–water partition coefficient (Wildman–Crippen LogP) is 6.76. The zero-order valence-electron chi connectivity index (χ0n) is 15.1. The summed E-state index contributed by atoms with van der Waals surface area (Å²) >= 11 is 0. The van der Waals surface area contributed by atoms with E-state index >= 15 is 0 Å². The Labute approximate surface area is 155 Å². The largest absolute Gasteiger partial charge is 0.204 e. The number of rotatable bonds is 3. The van der Waals surface area contributed by atoms with Crippen LogP contribution in [0.5, 0.6) is 0 Å². The molecule has 0 atom stereocenters. The molecule has 0 aromatic heterocycles. The molecule has 1 saturated carbocycles. The van der Waals surface area contributed by atoms with E-state index in [2.05, 4.69) is 30.9 Å². The fraction of sp³-hybridized carbons (Fsp3) is 0.333. The van der Waals surface area contributed by atoms with Gasteiger partial charge in [0, 0.05) is 11.5 Å². The number of hydrogen-bond donors (Lipinski definition) is 0. The van der Waals surface area contributed by atoms with Gasteiger partial charge in [-0.25, -0.2) is 8.78 Å². The lowest BCUT2D eigenvalue weighted by molar-refractivity contribution is 0.364. The van der Waals surface area contributed by atoms with E-state index in [0.717, 1.165) is 29.5 Å². The van der Waals surface area contributed by atoms with Crippen LogP contribution >= 0.6 is 0 Å². The third-order valence-corrected chi connectivity index (χ3v) is 4.97. The van der Waals surface area contributed by atoms with Crippen molar-refractivity contribution in [3.8, 4) is 23.0 Å². The third-order valence-electron chi connectivity index (χ3n) is 4.97. The summed E-state index contributed by atoms with van der Waals surface area (Å²) in [4.78, 5) is 0. The zero-order valence-corrected chi connectivity index (χ0v) is 15.1. The van der Waals surface area contributed by atoms with E-state index in [4.69, 9.17) is 0 Å². The van der Waals surface area contributed by atoms with Gasteiger partial charge >= 0.3 is 0 Å². The van der Waals surface area contributed by atoms with Crippen molar-refractivity contribution in [2.45, 2.75) is 39.0 Å². The standard InChI is InChI=1S/C24H24F2/c1-2-3-4-18-5-7-19(8-6-18)9-10-20-11-13-21(14-12-20)22-15-16-23(25)24(26)17-22/h3-4,11-19H,2,5-8H2,1H3/t18-,19-. The second-order valence-electron chi connectivity index (χ2n) is 6.92. The Bertz CT molecular complexity index is 814. The van der Waals surface area contributed by atoms with E-state index in [1.54, 1.807) is 6.07 Å². The minimum atomic E-state index is -0.823. The van der Waals surface area contributed by atoms with E-state index in [1.165, 1.54) is 31.7 Å². The lowest BCUT2D eigenvalue weighted by Crippen LogP contribution is -2.11. The lowest BCUT2D eigenvalue weighted by atomic mass is 9.82. The lowest BCUT2D eigenvalue weighted by Gasteiger charge is -2.23. The highest BCUT2D eigenvalue weighted by molar-refractivity contribution is 5.64. The van der Waals surface area contributed by atoms with Crippen LogP contribution in [0.3, 0.4) is 0 Å². The first-order chi connectivity index (χ1) is 12.7. The summed E-state index contributed by atoms with van der Waals surface area (Å²) in [7, 11) is 0. The summed E-state index contributed by atoms with van der Waals surface area (Å²) in [5, 5.41) is 0.